The van der Waals surface area contributed by atoms with E-state index in [-0.39, 0.29) is 43.4 Å². The van der Waals surface area contributed by atoms with Gasteiger partial charge in [-0.1, -0.05) is 18.2 Å². The summed E-state index contributed by atoms with van der Waals surface area (Å²) >= 11 is 0. The molecular weight excluding hydrogens is 433 g/mol. The minimum Gasteiger partial charge on any atom is -0.338 e. The van der Waals surface area contributed by atoms with Crippen LogP contribution in [0.15, 0.2) is 72.8 Å². The first-order valence-electron chi connectivity index (χ1n) is 10.8. The van der Waals surface area contributed by atoms with Crippen LogP contribution in [-0.2, 0) is 9.59 Å². The largest absolute Gasteiger partial charge is 0.338 e. The maximum absolute atomic E-state index is 13.2. The summed E-state index contributed by atoms with van der Waals surface area (Å²) in [5.74, 6) is -0.230. The number of H-pyrrole nitrogens is 1. The Balaban J connectivity index is 1.39. The number of nitrogens with one attached hydrogen (secondary N) is 2. The Hall–Kier alpha value is -4.51. The fourth-order valence-corrected chi connectivity index (χ4v) is 3.58. The molecule has 0 atom stereocenters. The monoisotopic (exact) mass is 455 g/mol. The first-order valence-corrected chi connectivity index (χ1v) is 10.8. The van der Waals surface area contributed by atoms with E-state index in [0.29, 0.717) is 22.7 Å². The second kappa shape index (κ2) is 10.4. The van der Waals surface area contributed by atoms with Crippen molar-refractivity contribution in [1.29, 1.82) is 5.26 Å². The summed E-state index contributed by atoms with van der Waals surface area (Å²) in [4.78, 5) is 34.4. The van der Waals surface area contributed by atoms with Crippen LogP contribution in [-0.4, -0.2) is 28.3 Å². The summed E-state index contributed by atoms with van der Waals surface area (Å²) in [5, 5.41) is 11.7. The van der Waals surface area contributed by atoms with Crippen molar-refractivity contribution in [3.05, 3.63) is 78.6 Å². The number of nitrogens with zero attached hydrogens (tertiary/aromatic N) is 3. The van der Waals surface area contributed by atoms with Gasteiger partial charge < -0.3 is 15.2 Å². The number of carbonyl (C=O) groups is 2. The van der Waals surface area contributed by atoms with Crippen molar-refractivity contribution in [2.75, 3.05) is 16.8 Å². The zero-order valence-electron chi connectivity index (χ0n) is 18.3. The minimum atomic E-state index is -0.319. The van der Waals surface area contributed by atoms with Crippen LogP contribution in [0.4, 0.5) is 15.8 Å². The molecule has 0 unspecified atom stereocenters. The molecule has 2 N–H and O–H groups in total. The number of aromatic amines is 1. The number of para-hydroxylation sites is 1. The number of aromatic nitrogens is 2. The standard InChI is InChI=1S/C26H22FN5O2/c27-19-9-7-18(8-10-19)26-30-22-12-11-20(17-23(22)31-26)29-24(33)13-14-25(34)32(16-4-15-28)21-5-2-1-3-6-21/h1-3,5-12,17H,4,13-14,16H2,(H,29,33)(H,30,31). The Kier molecular flexibility index (Phi) is 6.94. The highest BCUT2D eigenvalue weighted by molar-refractivity contribution is 5.98. The predicted octanol–water partition coefficient (Wildman–Crippen LogP) is 5.03. The van der Waals surface area contributed by atoms with E-state index in [1.165, 1.54) is 17.0 Å². The molecule has 4 aromatic rings. The molecule has 0 fully saturated rings. The van der Waals surface area contributed by atoms with Gasteiger partial charge >= 0.3 is 0 Å². The number of rotatable bonds is 8. The van der Waals surface area contributed by atoms with Gasteiger partial charge in [-0.3, -0.25) is 9.59 Å². The first-order chi connectivity index (χ1) is 16.5. The number of imidazole rings is 1. The fourth-order valence-electron chi connectivity index (χ4n) is 3.58. The SMILES string of the molecule is N#CCCN(C(=O)CCC(=O)Nc1ccc2nc(-c3ccc(F)cc3)[nH]c2c1)c1ccccc1. The number of carbonyl (C=O) groups excluding carboxylic acids is 2. The molecule has 3 aromatic carbocycles. The molecule has 0 bridgehead atoms. The minimum absolute atomic E-state index is 0.0105. The summed E-state index contributed by atoms with van der Waals surface area (Å²) in [6.45, 7) is 0.272. The Morgan fingerprint density at radius 2 is 1.79 bits per heavy atom. The van der Waals surface area contributed by atoms with Crippen molar-refractivity contribution in [1.82, 2.24) is 9.97 Å². The molecule has 34 heavy (non-hydrogen) atoms. The maximum Gasteiger partial charge on any atom is 0.227 e. The van der Waals surface area contributed by atoms with Gasteiger partial charge in [-0.15, -0.1) is 0 Å². The number of benzene rings is 3. The van der Waals surface area contributed by atoms with Crippen molar-refractivity contribution in [3.8, 4) is 17.5 Å². The summed E-state index contributed by atoms with van der Waals surface area (Å²) in [7, 11) is 0. The van der Waals surface area contributed by atoms with E-state index in [2.05, 4.69) is 21.4 Å². The van der Waals surface area contributed by atoms with Gasteiger partial charge in [0.2, 0.25) is 11.8 Å². The summed E-state index contributed by atoms with van der Waals surface area (Å²) in [6, 6.07) is 22.4. The van der Waals surface area contributed by atoms with Crippen LogP contribution in [0.2, 0.25) is 0 Å². The third-order valence-corrected chi connectivity index (χ3v) is 5.27. The molecule has 8 heteroatoms. The molecule has 4 rings (SSSR count). The molecule has 0 saturated heterocycles. The van der Waals surface area contributed by atoms with Crippen molar-refractivity contribution < 1.29 is 14.0 Å². The lowest BCUT2D eigenvalue weighted by Gasteiger charge is -2.21. The highest BCUT2D eigenvalue weighted by atomic mass is 19.1. The number of hydrogen-bond donors (Lipinski definition) is 2. The normalized spacial score (nSPS) is 10.6. The average Bonchev–Trinajstić information content (AvgIpc) is 3.27. The van der Waals surface area contributed by atoms with Crippen LogP contribution < -0.4 is 10.2 Å². The van der Waals surface area contributed by atoms with Gasteiger partial charge in [0.25, 0.3) is 0 Å². The smallest absolute Gasteiger partial charge is 0.227 e. The number of amides is 2. The Morgan fingerprint density at radius 3 is 2.53 bits per heavy atom. The van der Waals surface area contributed by atoms with E-state index in [0.717, 1.165) is 11.1 Å². The first kappa shape index (κ1) is 22.7. The Morgan fingerprint density at radius 1 is 1.03 bits per heavy atom. The number of anilines is 2. The van der Waals surface area contributed by atoms with Crippen molar-refractivity contribution in [2.45, 2.75) is 19.3 Å². The molecule has 2 amide bonds. The maximum atomic E-state index is 13.2. The molecule has 0 aliphatic rings. The van der Waals surface area contributed by atoms with Crippen molar-refractivity contribution in [2.24, 2.45) is 0 Å². The van der Waals surface area contributed by atoms with E-state index in [1.807, 2.05) is 18.2 Å². The topological polar surface area (TPSA) is 102 Å². The molecular formula is C26H22FN5O2. The number of fused-ring (bicyclic) bond motifs is 1. The fraction of sp³-hybridized carbons (Fsp3) is 0.154. The van der Waals surface area contributed by atoms with Gasteiger partial charge in [-0.2, -0.15) is 5.26 Å². The molecule has 0 radical (unpaired) electrons. The number of halogens is 1. The molecule has 7 nitrogen and oxygen atoms in total. The molecule has 0 spiro atoms. The second-order valence-corrected chi connectivity index (χ2v) is 7.66. The van der Waals surface area contributed by atoms with E-state index in [1.54, 1.807) is 42.5 Å². The van der Waals surface area contributed by atoms with Gasteiger partial charge in [0.05, 0.1) is 23.5 Å². The Labute approximate surface area is 195 Å². The molecule has 170 valence electrons. The van der Waals surface area contributed by atoms with Gasteiger partial charge in [0.1, 0.15) is 11.6 Å². The summed E-state index contributed by atoms with van der Waals surface area (Å²) in [5.41, 5.74) is 3.46. The lowest BCUT2D eigenvalue weighted by atomic mass is 10.2. The van der Waals surface area contributed by atoms with Gasteiger partial charge in [0, 0.05) is 36.3 Å². The van der Waals surface area contributed by atoms with Crippen LogP contribution in [0.3, 0.4) is 0 Å². The Bertz CT molecular complexity index is 1340. The predicted molar refractivity (Wildman–Crippen MR) is 128 cm³/mol. The van der Waals surface area contributed by atoms with Gasteiger partial charge in [-0.25, -0.2) is 9.37 Å². The number of hydrogen-bond acceptors (Lipinski definition) is 4. The molecule has 1 aromatic heterocycles. The van der Waals surface area contributed by atoms with Crippen molar-refractivity contribution >= 4 is 34.2 Å². The van der Waals surface area contributed by atoms with Crippen LogP contribution in [0.5, 0.6) is 0 Å². The quantitative estimate of drug-likeness (QED) is 0.389. The van der Waals surface area contributed by atoms with Crippen LogP contribution in [0.25, 0.3) is 22.4 Å². The molecule has 0 aliphatic heterocycles. The van der Waals surface area contributed by atoms with E-state index >= 15 is 0 Å². The summed E-state index contributed by atoms with van der Waals surface area (Å²) in [6.07, 6.45) is 0.237. The highest BCUT2D eigenvalue weighted by Gasteiger charge is 2.17. The summed E-state index contributed by atoms with van der Waals surface area (Å²) < 4.78 is 13.2. The van der Waals surface area contributed by atoms with Crippen LogP contribution >= 0.6 is 0 Å². The van der Waals surface area contributed by atoms with Gasteiger partial charge in [0.15, 0.2) is 0 Å². The van der Waals surface area contributed by atoms with E-state index in [9.17, 15) is 14.0 Å². The molecule has 1 heterocycles. The number of nitriles is 1. The van der Waals surface area contributed by atoms with Crippen molar-refractivity contribution in [3.63, 3.8) is 0 Å². The van der Waals surface area contributed by atoms with E-state index in [4.69, 9.17) is 5.26 Å². The third kappa shape index (κ3) is 5.45. The zero-order valence-corrected chi connectivity index (χ0v) is 18.3. The lowest BCUT2D eigenvalue weighted by molar-refractivity contribution is -0.122. The highest BCUT2D eigenvalue weighted by Crippen LogP contribution is 2.23. The average molecular weight is 455 g/mol. The zero-order chi connectivity index (χ0) is 23.9. The molecule has 0 saturated carbocycles. The third-order valence-electron chi connectivity index (χ3n) is 5.27. The van der Waals surface area contributed by atoms with Gasteiger partial charge in [-0.05, 0) is 54.6 Å². The van der Waals surface area contributed by atoms with Crippen LogP contribution in [0, 0.1) is 17.1 Å². The van der Waals surface area contributed by atoms with Crippen LogP contribution in [0.1, 0.15) is 19.3 Å². The lowest BCUT2D eigenvalue weighted by Crippen LogP contribution is -2.32. The van der Waals surface area contributed by atoms with E-state index < -0.39 is 0 Å². The second-order valence-electron chi connectivity index (χ2n) is 7.66. The molecule has 0 aliphatic carbocycles.